The molecule has 4 aliphatic carbocycles. The third-order valence-corrected chi connectivity index (χ3v) is 6.95. The van der Waals surface area contributed by atoms with Crippen LogP contribution in [0.4, 0.5) is 0 Å². The molecule has 0 N–H and O–H groups in total. The molecule has 4 aliphatic rings. The first-order valence-corrected chi connectivity index (χ1v) is 9.78. The van der Waals surface area contributed by atoms with Crippen molar-refractivity contribution in [1.29, 1.82) is 5.26 Å². The molecular formula is C22H24N2O2. The highest BCUT2D eigenvalue weighted by Gasteiger charge is 2.51. The van der Waals surface area contributed by atoms with Gasteiger partial charge in [0.25, 0.3) is 0 Å². The van der Waals surface area contributed by atoms with Crippen LogP contribution in [0, 0.1) is 34.5 Å². The number of pyridine rings is 1. The Kier molecular flexibility index (Phi) is 3.60. The summed E-state index contributed by atoms with van der Waals surface area (Å²) in [5.74, 6) is 2.44. The Hall–Kier alpha value is -2.28. The van der Waals surface area contributed by atoms with Gasteiger partial charge in [0.1, 0.15) is 12.7 Å². The van der Waals surface area contributed by atoms with Crippen molar-refractivity contribution >= 4 is 11.5 Å². The number of aromatic nitrogens is 1. The quantitative estimate of drug-likeness (QED) is 0.767. The number of ether oxygens (including phenoxy) is 1. The fourth-order valence-corrected chi connectivity index (χ4v) is 6.44. The number of carbonyl (C=O) groups excluding carboxylic acids is 1. The lowest BCUT2D eigenvalue weighted by Gasteiger charge is -2.56. The number of rotatable bonds is 4. The Morgan fingerprint density at radius 3 is 2.54 bits per heavy atom. The molecule has 0 atom stereocenters. The number of carbonyl (C=O) groups is 1. The van der Waals surface area contributed by atoms with Crippen molar-refractivity contribution in [1.82, 2.24) is 4.40 Å². The number of hydrogen-bond donors (Lipinski definition) is 0. The molecule has 6 rings (SSSR count). The number of hydrogen-bond acceptors (Lipinski definition) is 3. The molecular weight excluding hydrogens is 324 g/mol. The third kappa shape index (κ3) is 2.61. The molecule has 4 nitrogen and oxygen atoms in total. The van der Waals surface area contributed by atoms with Gasteiger partial charge in [-0.2, -0.15) is 5.26 Å². The fourth-order valence-electron chi connectivity index (χ4n) is 6.44. The second kappa shape index (κ2) is 5.87. The molecule has 4 saturated carbocycles. The number of nitrogens with zero attached hydrogens (tertiary/aromatic N) is 2. The van der Waals surface area contributed by atoms with Crippen LogP contribution in [0.3, 0.4) is 0 Å². The maximum absolute atomic E-state index is 12.6. The van der Waals surface area contributed by atoms with Gasteiger partial charge in [0.15, 0.2) is 0 Å². The van der Waals surface area contributed by atoms with Crippen molar-refractivity contribution in [2.75, 3.05) is 0 Å². The topological polar surface area (TPSA) is 54.5 Å². The second-order valence-corrected chi connectivity index (χ2v) is 8.89. The highest BCUT2D eigenvalue weighted by atomic mass is 16.5. The Bertz CT molecular complexity index is 869. The van der Waals surface area contributed by atoms with E-state index in [9.17, 15) is 10.1 Å². The van der Waals surface area contributed by atoms with Crippen LogP contribution < -0.4 is 0 Å². The maximum atomic E-state index is 12.6. The average Bonchev–Trinajstić information content (AvgIpc) is 2.96. The largest absolute Gasteiger partial charge is 0.461 e. The van der Waals surface area contributed by atoms with Crippen molar-refractivity contribution in [2.24, 2.45) is 23.2 Å². The van der Waals surface area contributed by atoms with Gasteiger partial charge < -0.3 is 9.14 Å². The molecule has 0 aliphatic heterocycles. The van der Waals surface area contributed by atoms with Gasteiger partial charge in [-0.05, 0) is 73.8 Å². The van der Waals surface area contributed by atoms with Crippen LogP contribution in [0.1, 0.15) is 56.1 Å². The first kappa shape index (κ1) is 15.9. The Labute approximate surface area is 153 Å². The number of esters is 1. The van der Waals surface area contributed by atoms with E-state index in [1.165, 1.54) is 38.5 Å². The summed E-state index contributed by atoms with van der Waals surface area (Å²) in [5.41, 5.74) is 2.46. The Morgan fingerprint density at radius 2 is 1.88 bits per heavy atom. The molecule has 0 amide bonds. The van der Waals surface area contributed by atoms with Gasteiger partial charge in [0, 0.05) is 18.0 Å². The molecule has 4 heteroatoms. The van der Waals surface area contributed by atoms with Gasteiger partial charge in [-0.1, -0.05) is 6.07 Å². The first-order chi connectivity index (χ1) is 12.6. The van der Waals surface area contributed by atoms with Crippen molar-refractivity contribution in [3.05, 3.63) is 41.7 Å². The minimum atomic E-state index is -0.0916. The van der Waals surface area contributed by atoms with E-state index in [0.717, 1.165) is 28.8 Å². The van der Waals surface area contributed by atoms with E-state index < -0.39 is 0 Å². The van der Waals surface area contributed by atoms with E-state index in [-0.39, 0.29) is 18.0 Å². The molecule has 4 fully saturated rings. The van der Waals surface area contributed by atoms with Gasteiger partial charge in [0.2, 0.25) is 0 Å². The zero-order chi connectivity index (χ0) is 17.7. The van der Waals surface area contributed by atoms with Crippen molar-refractivity contribution < 1.29 is 9.53 Å². The molecule has 0 unspecified atom stereocenters. The van der Waals surface area contributed by atoms with Gasteiger partial charge in [-0.15, -0.1) is 0 Å². The monoisotopic (exact) mass is 348 g/mol. The Balaban J connectivity index is 1.28. The minimum absolute atomic E-state index is 0.0916. The van der Waals surface area contributed by atoms with Crippen LogP contribution in [0.2, 0.25) is 0 Å². The lowest BCUT2D eigenvalue weighted by molar-refractivity contribution is -0.153. The molecule has 0 spiro atoms. The molecule has 134 valence electrons. The predicted octanol–water partition coefficient (Wildman–Crippen LogP) is 4.46. The predicted molar refractivity (Wildman–Crippen MR) is 97.1 cm³/mol. The van der Waals surface area contributed by atoms with Crippen molar-refractivity contribution in [3.63, 3.8) is 0 Å². The molecule has 0 radical (unpaired) electrons. The van der Waals surface area contributed by atoms with Gasteiger partial charge in [0.05, 0.1) is 17.5 Å². The summed E-state index contributed by atoms with van der Waals surface area (Å²) in [6, 6.07) is 8.02. The average molecular weight is 348 g/mol. The van der Waals surface area contributed by atoms with Crippen LogP contribution >= 0.6 is 0 Å². The summed E-state index contributed by atoms with van der Waals surface area (Å²) in [6.07, 6.45) is 12.2. The van der Waals surface area contributed by atoms with Crippen LogP contribution in [0.25, 0.3) is 5.52 Å². The number of fused-ring (bicyclic) bond motifs is 1. The molecule has 26 heavy (non-hydrogen) atoms. The van der Waals surface area contributed by atoms with Crippen molar-refractivity contribution in [2.45, 2.75) is 51.6 Å². The van der Waals surface area contributed by atoms with E-state index in [2.05, 4.69) is 6.07 Å². The van der Waals surface area contributed by atoms with Crippen LogP contribution in [-0.2, 0) is 16.1 Å². The van der Waals surface area contributed by atoms with Crippen LogP contribution in [-0.4, -0.2) is 10.4 Å². The summed E-state index contributed by atoms with van der Waals surface area (Å²) in [7, 11) is 0. The summed E-state index contributed by atoms with van der Waals surface area (Å²) in [5, 5.41) is 9.48. The molecule has 0 aromatic carbocycles. The van der Waals surface area contributed by atoms with Crippen LogP contribution in [0.15, 0.2) is 30.6 Å². The van der Waals surface area contributed by atoms with E-state index in [1.807, 2.05) is 35.0 Å². The highest BCUT2D eigenvalue weighted by Crippen LogP contribution is 2.61. The summed E-state index contributed by atoms with van der Waals surface area (Å²) in [6.45, 7) is 0.190. The van der Waals surface area contributed by atoms with E-state index in [0.29, 0.717) is 12.0 Å². The van der Waals surface area contributed by atoms with Crippen LogP contribution in [0.5, 0.6) is 0 Å². The normalized spacial score (nSPS) is 31.9. The van der Waals surface area contributed by atoms with E-state index in [4.69, 9.17) is 4.74 Å². The van der Waals surface area contributed by atoms with Gasteiger partial charge in [-0.25, -0.2) is 0 Å². The lowest BCUT2D eigenvalue weighted by atomic mass is 9.49. The summed E-state index contributed by atoms with van der Waals surface area (Å²) < 4.78 is 7.55. The van der Waals surface area contributed by atoms with Crippen molar-refractivity contribution in [3.8, 4) is 6.07 Å². The minimum Gasteiger partial charge on any atom is -0.461 e. The zero-order valence-corrected chi connectivity index (χ0v) is 15.0. The molecule has 2 aromatic rings. The number of nitriles is 1. The van der Waals surface area contributed by atoms with Gasteiger partial charge in [-0.3, -0.25) is 4.79 Å². The molecule has 4 bridgehead atoms. The van der Waals surface area contributed by atoms with E-state index in [1.54, 1.807) is 0 Å². The zero-order valence-electron chi connectivity index (χ0n) is 15.0. The van der Waals surface area contributed by atoms with Gasteiger partial charge >= 0.3 is 5.97 Å². The third-order valence-electron chi connectivity index (χ3n) is 6.95. The SMILES string of the molecule is N#Cc1c(COC(=O)CC23CC4CC(CC(C4)C2)C3)cn2ccccc12. The molecule has 2 heterocycles. The summed E-state index contributed by atoms with van der Waals surface area (Å²) in [4.78, 5) is 12.6. The van der Waals surface area contributed by atoms with E-state index >= 15 is 0 Å². The second-order valence-electron chi connectivity index (χ2n) is 8.89. The molecule has 0 saturated heterocycles. The molecule has 2 aromatic heterocycles. The highest BCUT2D eigenvalue weighted by molar-refractivity contribution is 5.71. The maximum Gasteiger partial charge on any atom is 0.306 e. The lowest BCUT2D eigenvalue weighted by Crippen LogP contribution is -2.47. The smallest absolute Gasteiger partial charge is 0.306 e. The fraction of sp³-hybridized carbons (Fsp3) is 0.545. The standard InChI is InChI=1S/C22H24N2O2/c23-12-19-18(13-24-4-2-1-3-20(19)24)14-26-21(25)11-22-8-15-5-16(9-22)7-17(6-15)10-22/h1-4,13,15-17H,5-11,14H2. The first-order valence-electron chi connectivity index (χ1n) is 9.78. The Morgan fingerprint density at radius 1 is 1.19 bits per heavy atom. The summed E-state index contributed by atoms with van der Waals surface area (Å²) >= 11 is 0.